The van der Waals surface area contributed by atoms with E-state index in [1.807, 2.05) is 36.4 Å². The van der Waals surface area contributed by atoms with Crippen LogP contribution < -0.4 is 5.32 Å². The van der Waals surface area contributed by atoms with Crippen LogP contribution in [0.4, 0.5) is 0 Å². The fourth-order valence-electron chi connectivity index (χ4n) is 3.38. The van der Waals surface area contributed by atoms with Gasteiger partial charge in [0, 0.05) is 12.5 Å². The van der Waals surface area contributed by atoms with Gasteiger partial charge in [0.1, 0.15) is 0 Å². The van der Waals surface area contributed by atoms with Crippen molar-refractivity contribution in [2.75, 3.05) is 20.3 Å². The summed E-state index contributed by atoms with van der Waals surface area (Å²) < 4.78 is 9.69. The molecule has 0 bridgehead atoms. The largest absolute Gasteiger partial charge is 0.465 e. The summed E-state index contributed by atoms with van der Waals surface area (Å²) in [5, 5.41) is 2.81. The number of ether oxygens (including phenoxy) is 2. The maximum absolute atomic E-state index is 12.2. The van der Waals surface area contributed by atoms with Crippen LogP contribution in [0.1, 0.15) is 44.2 Å². The van der Waals surface area contributed by atoms with Gasteiger partial charge in [-0.3, -0.25) is 4.79 Å². The number of amides is 1. The topological polar surface area (TPSA) is 81.7 Å². The van der Waals surface area contributed by atoms with Gasteiger partial charge in [-0.2, -0.15) is 0 Å². The zero-order valence-corrected chi connectivity index (χ0v) is 17.8. The number of benzene rings is 3. The maximum Gasteiger partial charge on any atom is 0.338 e. The molecule has 3 aromatic rings. The second-order valence-electron chi connectivity index (χ2n) is 7.16. The van der Waals surface area contributed by atoms with Crippen LogP contribution in [0.25, 0.3) is 0 Å². The molecule has 3 rings (SSSR count). The Morgan fingerprint density at radius 1 is 0.750 bits per heavy atom. The van der Waals surface area contributed by atoms with Crippen molar-refractivity contribution in [1.29, 1.82) is 0 Å². The lowest BCUT2D eigenvalue weighted by Gasteiger charge is -2.18. The highest BCUT2D eigenvalue weighted by atomic mass is 16.5. The lowest BCUT2D eigenvalue weighted by Crippen LogP contribution is -2.30. The number of carbonyl (C=O) groups is 3. The Balaban J connectivity index is 1.49. The fraction of sp³-hybridized carbons (Fsp3) is 0.192. The number of esters is 2. The van der Waals surface area contributed by atoms with Crippen molar-refractivity contribution in [3.63, 3.8) is 0 Å². The van der Waals surface area contributed by atoms with Crippen LogP contribution in [0.3, 0.4) is 0 Å². The highest BCUT2D eigenvalue weighted by Crippen LogP contribution is 2.27. The van der Waals surface area contributed by atoms with Gasteiger partial charge in [0.15, 0.2) is 6.61 Å². The van der Waals surface area contributed by atoms with Gasteiger partial charge in [0.05, 0.1) is 18.2 Å². The third kappa shape index (κ3) is 6.28. The Morgan fingerprint density at radius 2 is 1.25 bits per heavy atom. The van der Waals surface area contributed by atoms with Crippen molar-refractivity contribution in [2.45, 2.75) is 12.3 Å². The van der Waals surface area contributed by atoms with Crippen molar-refractivity contribution in [2.24, 2.45) is 0 Å². The van der Waals surface area contributed by atoms with Crippen molar-refractivity contribution < 1.29 is 23.9 Å². The first-order valence-electron chi connectivity index (χ1n) is 10.3. The minimum Gasteiger partial charge on any atom is -0.465 e. The summed E-state index contributed by atoms with van der Waals surface area (Å²) in [5.41, 5.74) is 2.93. The zero-order valence-electron chi connectivity index (χ0n) is 17.8. The van der Waals surface area contributed by atoms with Gasteiger partial charge >= 0.3 is 11.9 Å². The molecular formula is C26H25NO5. The van der Waals surface area contributed by atoms with Crippen molar-refractivity contribution >= 4 is 17.8 Å². The molecule has 6 nitrogen and oxygen atoms in total. The molecule has 164 valence electrons. The zero-order chi connectivity index (χ0) is 22.8. The molecule has 32 heavy (non-hydrogen) atoms. The van der Waals surface area contributed by atoms with Crippen LogP contribution in [0.5, 0.6) is 0 Å². The summed E-state index contributed by atoms with van der Waals surface area (Å²) in [4.78, 5) is 35.7. The third-order valence-corrected chi connectivity index (χ3v) is 5.04. The smallest absolute Gasteiger partial charge is 0.338 e. The molecule has 0 aliphatic carbocycles. The Bertz CT molecular complexity index is 993. The summed E-state index contributed by atoms with van der Waals surface area (Å²) in [6.45, 7) is 0.0671. The van der Waals surface area contributed by atoms with Crippen LogP contribution >= 0.6 is 0 Å². The molecule has 3 aromatic carbocycles. The highest BCUT2D eigenvalue weighted by Gasteiger charge is 2.15. The second kappa shape index (κ2) is 11.5. The van der Waals surface area contributed by atoms with Crippen LogP contribution in [0.15, 0.2) is 84.9 Å². The molecule has 0 aromatic heterocycles. The molecular weight excluding hydrogens is 406 g/mol. The van der Waals surface area contributed by atoms with Gasteiger partial charge in [0.25, 0.3) is 5.91 Å². The lowest BCUT2D eigenvalue weighted by molar-refractivity contribution is -0.124. The number of carbonyl (C=O) groups excluding carboxylic acids is 3. The summed E-state index contributed by atoms with van der Waals surface area (Å²) >= 11 is 0. The Labute approximate surface area is 187 Å². The SMILES string of the molecule is COC(=O)c1ccc(C(=O)OCC(=O)NCCC(c2ccccc2)c2ccccc2)cc1. The molecule has 0 radical (unpaired) electrons. The van der Waals surface area contributed by atoms with Crippen LogP contribution in [-0.2, 0) is 14.3 Å². The predicted molar refractivity (Wildman–Crippen MR) is 120 cm³/mol. The summed E-state index contributed by atoms with van der Waals surface area (Å²) in [6.07, 6.45) is 0.711. The highest BCUT2D eigenvalue weighted by molar-refractivity contribution is 5.94. The van der Waals surface area contributed by atoms with E-state index in [1.54, 1.807) is 0 Å². The van der Waals surface area contributed by atoms with Gasteiger partial charge in [-0.1, -0.05) is 60.7 Å². The van der Waals surface area contributed by atoms with E-state index in [0.717, 1.165) is 0 Å². The molecule has 0 saturated heterocycles. The van der Waals surface area contributed by atoms with E-state index in [-0.39, 0.29) is 24.0 Å². The Morgan fingerprint density at radius 3 is 1.75 bits per heavy atom. The molecule has 0 spiro atoms. The predicted octanol–water partition coefficient (Wildman–Crippen LogP) is 3.97. The quantitative estimate of drug-likeness (QED) is 0.519. The minimum absolute atomic E-state index is 0.147. The van der Waals surface area contributed by atoms with E-state index < -0.39 is 11.9 Å². The van der Waals surface area contributed by atoms with E-state index in [4.69, 9.17) is 4.74 Å². The van der Waals surface area contributed by atoms with E-state index in [1.165, 1.54) is 42.5 Å². The molecule has 0 saturated carbocycles. The Hall–Kier alpha value is -3.93. The fourth-order valence-corrected chi connectivity index (χ4v) is 3.38. The van der Waals surface area contributed by atoms with Gasteiger partial charge in [0.2, 0.25) is 0 Å². The summed E-state index contributed by atoms with van der Waals surface area (Å²) in [6, 6.07) is 26.1. The Kier molecular flexibility index (Phi) is 8.15. The molecule has 0 heterocycles. The normalized spacial score (nSPS) is 10.4. The molecule has 0 aliphatic heterocycles. The second-order valence-corrected chi connectivity index (χ2v) is 7.16. The standard InChI is InChI=1S/C26H25NO5/c1-31-25(29)21-12-14-22(15-13-21)26(30)32-18-24(28)27-17-16-23(19-8-4-2-5-9-19)20-10-6-3-7-11-20/h2-15,23H,16-18H2,1H3,(H,27,28). The average molecular weight is 431 g/mol. The number of hydrogen-bond acceptors (Lipinski definition) is 5. The lowest BCUT2D eigenvalue weighted by atomic mass is 9.88. The average Bonchev–Trinajstić information content (AvgIpc) is 2.85. The van der Waals surface area contributed by atoms with E-state index in [2.05, 4.69) is 34.3 Å². The first-order valence-corrected chi connectivity index (χ1v) is 10.3. The van der Waals surface area contributed by atoms with Crippen molar-refractivity contribution in [3.05, 3.63) is 107 Å². The first kappa shape index (κ1) is 22.7. The molecule has 0 fully saturated rings. The number of rotatable bonds is 9. The molecule has 6 heteroatoms. The number of hydrogen-bond donors (Lipinski definition) is 1. The summed E-state index contributed by atoms with van der Waals surface area (Å²) in [5.74, 6) is -1.35. The third-order valence-electron chi connectivity index (χ3n) is 5.04. The molecule has 0 aliphatic rings. The molecule has 1 N–H and O–H groups in total. The van der Waals surface area contributed by atoms with Crippen molar-refractivity contribution in [3.8, 4) is 0 Å². The summed E-state index contributed by atoms with van der Waals surface area (Å²) in [7, 11) is 1.28. The van der Waals surface area contributed by atoms with E-state index in [9.17, 15) is 14.4 Å². The minimum atomic E-state index is -0.636. The number of methoxy groups -OCH3 is 1. The van der Waals surface area contributed by atoms with Gasteiger partial charge in [-0.25, -0.2) is 9.59 Å². The van der Waals surface area contributed by atoms with Crippen LogP contribution in [-0.4, -0.2) is 38.1 Å². The van der Waals surface area contributed by atoms with Crippen LogP contribution in [0, 0.1) is 0 Å². The first-order chi connectivity index (χ1) is 15.6. The monoisotopic (exact) mass is 431 g/mol. The molecule has 0 atom stereocenters. The van der Waals surface area contributed by atoms with Gasteiger partial charge in [-0.05, 0) is 41.8 Å². The maximum atomic E-state index is 12.2. The van der Waals surface area contributed by atoms with Gasteiger partial charge in [-0.15, -0.1) is 0 Å². The van der Waals surface area contributed by atoms with Crippen LogP contribution in [0.2, 0.25) is 0 Å². The molecule has 1 amide bonds. The molecule has 0 unspecified atom stereocenters. The number of nitrogens with one attached hydrogen (secondary N) is 1. The van der Waals surface area contributed by atoms with E-state index in [0.29, 0.717) is 18.5 Å². The van der Waals surface area contributed by atoms with E-state index >= 15 is 0 Å². The van der Waals surface area contributed by atoms with Gasteiger partial charge < -0.3 is 14.8 Å². The van der Waals surface area contributed by atoms with Crippen molar-refractivity contribution in [1.82, 2.24) is 5.32 Å².